The van der Waals surface area contributed by atoms with Crippen molar-refractivity contribution in [2.45, 2.75) is 41.2 Å². The third-order valence-electron chi connectivity index (χ3n) is 3.43. The van der Waals surface area contributed by atoms with Crippen LogP contribution in [0.4, 0.5) is 5.69 Å². The third-order valence-corrected chi connectivity index (χ3v) is 3.43. The second-order valence-corrected chi connectivity index (χ2v) is 5.62. The van der Waals surface area contributed by atoms with E-state index in [-0.39, 0.29) is 0 Å². The van der Waals surface area contributed by atoms with Crippen LogP contribution in [0.2, 0.25) is 0 Å². The predicted octanol–water partition coefficient (Wildman–Crippen LogP) is 4.84. The number of aryl methyl sites for hydroxylation is 5. The zero-order valence-electron chi connectivity index (χ0n) is 12.6. The zero-order valence-corrected chi connectivity index (χ0v) is 12.6. The summed E-state index contributed by atoms with van der Waals surface area (Å²) in [5.41, 5.74) is 9.24. The van der Waals surface area contributed by atoms with E-state index in [0.29, 0.717) is 0 Å². The molecule has 100 valence electrons. The molecule has 0 amide bonds. The van der Waals surface area contributed by atoms with E-state index in [1.165, 1.54) is 39.1 Å². The highest BCUT2D eigenvalue weighted by Crippen LogP contribution is 2.22. The highest BCUT2D eigenvalue weighted by Gasteiger charge is 2.04. The Hall–Kier alpha value is -1.76. The van der Waals surface area contributed by atoms with Gasteiger partial charge in [0.05, 0.1) is 0 Å². The third kappa shape index (κ3) is 3.37. The Morgan fingerprint density at radius 3 is 1.68 bits per heavy atom. The molecule has 0 aromatic heterocycles. The molecule has 0 saturated carbocycles. The molecule has 0 aliphatic heterocycles. The van der Waals surface area contributed by atoms with Crippen molar-refractivity contribution in [1.82, 2.24) is 0 Å². The van der Waals surface area contributed by atoms with Crippen molar-refractivity contribution in [2.24, 2.45) is 0 Å². The Kier molecular flexibility index (Phi) is 3.94. The molecule has 0 heterocycles. The average Bonchev–Trinajstić information content (AvgIpc) is 2.25. The summed E-state index contributed by atoms with van der Waals surface area (Å²) < 4.78 is 0. The van der Waals surface area contributed by atoms with Crippen LogP contribution in [0, 0.1) is 34.6 Å². The summed E-state index contributed by atoms with van der Waals surface area (Å²) in [4.78, 5) is 0. The number of hydrogen-bond donors (Lipinski definition) is 1. The van der Waals surface area contributed by atoms with Gasteiger partial charge in [-0.15, -0.1) is 0 Å². The van der Waals surface area contributed by atoms with E-state index < -0.39 is 0 Å². The van der Waals surface area contributed by atoms with Gasteiger partial charge in [0.25, 0.3) is 0 Å². The van der Waals surface area contributed by atoms with E-state index >= 15 is 0 Å². The lowest BCUT2D eigenvalue weighted by Crippen LogP contribution is -2.04. The monoisotopic (exact) mass is 253 g/mol. The Balaban J connectivity index is 2.19. The summed E-state index contributed by atoms with van der Waals surface area (Å²) >= 11 is 0. The number of anilines is 1. The van der Waals surface area contributed by atoms with Crippen LogP contribution in [0.1, 0.15) is 33.4 Å². The zero-order chi connectivity index (χ0) is 14.0. The molecule has 0 aliphatic carbocycles. The molecular formula is C18H23N. The predicted molar refractivity (Wildman–Crippen MR) is 83.9 cm³/mol. The standard InChI is InChI=1S/C18H23N/c1-12-6-13(2)10-17(9-12)11-19-18-15(4)7-14(3)8-16(18)5/h6-10,19H,11H2,1-5H3. The average molecular weight is 253 g/mol. The highest BCUT2D eigenvalue weighted by atomic mass is 14.9. The Bertz CT molecular complexity index is 553. The molecule has 2 aromatic carbocycles. The lowest BCUT2D eigenvalue weighted by Gasteiger charge is -2.14. The van der Waals surface area contributed by atoms with Gasteiger partial charge >= 0.3 is 0 Å². The van der Waals surface area contributed by atoms with Crippen LogP contribution in [0.25, 0.3) is 0 Å². The van der Waals surface area contributed by atoms with Crippen molar-refractivity contribution >= 4 is 5.69 Å². The molecule has 0 aliphatic rings. The van der Waals surface area contributed by atoms with Crippen LogP contribution in [0.3, 0.4) is 0 Å². The molecule has 2 aromatic rings. The van der Waals surface area contributed by atoms with Crippen molar-refractivity contribution < 1.29 is 0 Å². The summed E-state index contributed by atoms with van der Waals surface area (Å²) in [6.07, 6.45) is 0. The van der Waals surface area contributed by atoms with Crippen molar-refractivity contribution in [2.75, 3.05) is 5.32 Å². The minimum absolute atomic E-state index is 0.882. The van der Waals surface area contributed by atoms with E-state index in [1.807, 2.05) is 0 Å². The number of hydrogen-bond acceptors (Lipinski definition) is 1. The summed E-state index contributed by atoms with van der Waals surface area (Å²) in [5.74, 6) is 0. The molecular weight excluding hydrogens is 230 g/mol. The van der Waals surface area contributed by atoms with Crippen molar-refractivity contribution in [3.8, 4) is 0 Å². The fraction of sp³-hybridized carbons (Fsp3) is 0.333. The molecule has 2 rings (SSSR count). The van der Waals surface area contributed by atoms with Crippen LogP contribution in [-0.2, 0) is 6.54 Å². The number of benzene rings is 2. The minimum atomic E-state index is 0.882. The van der Waals surface area contributed by atoms with E-state index in [0.717, 1.165) is 6.54 Å². The number of nitrogens with one attached hydrogen (secondary N) is 1. The maximum absolute atomic E-state index is 3.58. The van der Waals surface area contributed by atoms with E-state index in [9.17, 15) is 0 Å². The highest BCUT2D eigenvalue weighted by molar-refractivity contribution is 5.58. The molecule has 0 unspecified atom stereocenters. The Morgan fingerprint density at radius 2 is 1.16 bits per heavy atom. The van der Waals surface area contributed by atoms with Crippen LogP contribution < -0.4 is 5.32 Å². The molecule has 0 bridgehead atoms. The fourth-order valence-corrected chi connectivity index (χ4v) is 2.82. The fourth-order valence-electron chi connectivity index (χ4n) is 2.82. The first kappa shape index (κ1) is 13.7. The number of rotatable bonds is 3. The second-order valence-electron chi connectivity index (χ2n) is 5.62. The first-order chi connectivity index (χ1) is 8.95. The summed E-state index contributed by atoms with van der Waals surface area (Å²) in [7, 11) is 0. The lowest BCUT2D eigenvalue weighted by atomic mass is 10.0. The van der Waals surface area contributed by atoms with Crippen LogP contribution >= 0.6 is 0 Å². The molecule has 1 heteroatoms. The largest absolute Gasteiger partial charge is 0.381 e. The van der Waals surface area contributed by atoms with Gasteiger partial charge in [0.15, 0.2) is 0 Å². The van der Waals surface area contributed by atoms with E-state index in [1.54, 1.807) is 0 Å². The van der Waals surface area contributed by atoms with Gasteiger partial charge in [0.2, 0.25) is 0 Å². The topological polar surface area (TPSA) is 12.0 Å². The van der Waals surface area contributed by atoms with Gasteiger partial charge in [-0.1, -0.05) is 47.0 Å². The van der Waals surface area contributed by atoms with Gasteiger partial charge in [-0.3, -0.25) is 0 Å². The SMILES string of the molecule is Cc1cc(C)cc(CNc2c(C)cc(C)cc2C)c1. The van der Waals surface area contributed by atoms with Gasteiger partial charge < -0.3 is 5.32 Å². The smallest absolute Gasteiger partial charge is 0.0402 e. The molecule has 1 N–H and O–H groups in total. The molecule has 1 nitrogen and oxygen atoms in total. The maximum Gasteiger partial charge on any atom is 0.0402 e. The first-order valence-corrected chi connectivity index (χ1v) is 6.84. The molecule has 0 spiro atoms. The van der Waals surface area contributed by atoms with Crippen LogP contribution in [0.5, 0.6) is 0 Å². The first-order valence-electron chi connectivity index (χ1n) is 6.84. The van der Waals surface area contributed by atoms with Gasteiger partial charge in [-0.2, -0.15) is 0 Å². The molecule has 0 saturated heterocycles. The second kappa shape index (κ2) is 5.48. The quantitative estimate of drug-likeness (QED) is 0.825. The van der Waals surface area contributed by atoms with E-state index in [2.05, 4.69) is 70.3 Å². The summed E-state index contributed by atoms with van der Waals surface area (Å²) in [6.45, 7) is 11.7. The van der Waals surface area contributed by atoms with Gasteiger partial charge in [-0.05, 0) is 51.3 Å². The lowest BCUT2D eigenvalue weighted by molar-refractivity contribution is 1.11. The molecule has 0 fully saturated rings. The minimum Gasteiger partial charge on any atom is -0.381 e. The van der Waals surface area contributed by atoms with Crippen LogP contribution in [0.15, 0.2) is 30.3 Å². The van der Waals surface area contributed by atoms with E-state index in [4.69, 9.17) is 0 Å². The molecule has 0 atom stereocenters. The Morgan fingerprint density at radius 1 is 0.684 bits per heavy atom. The maximum atomic E-state index is 3.58. The van der Waals surface area contributed by atoms with Crippen molar-refractivity contribution in [3.63, 3.8) is 0 Å². The van der Waals surface area contributed by atoms with Crippen molar-refractivity contribution in [3.05, 3.63) is 63.7 Å². The van der Waals surface area contributed by atoms with Gasteiger partial charge in [0.1, 0.15) is 0 Å². The normalized spacial score (nSPS) is 10.6. The van der Waals surface area contributed by atoms with Gasteiger partial charge in [0, 0.05) is 12.2 Å². The Labute approximate surface area is 116 Å². The summed E-state index contributed by atoms with van der Waals surface area (Å²) in [5, 5.41) is 3.58. The molecule has 0 radical (unpaired) electrons. The van der Waals surface area contributed by atoms with Gasteiger partial charge in [-0.25, -0.2) is 0 Å². The van der Waals surface area contributed by atoms with Crippen molar-refractivity contribution in [1.29, 1.82) is 0 Å². The van der Waals surface area contributed by atoms with Crippen LogP contribution in [-0.4, -0.2) is 0 Å². The molecule has 19 heavy (non-hydrogen) atoms. The summed E-state index contributed by atoms with van der Waals surface area (Å²) in [6, 6.07) is 11.2.